The molecule has 2 atom stereocenters. The first-order chi connectivity index (χ1) is 14.9. The molecule has 1 aliphatic heterocycles. The van der Waals surface area contributed by atoms with Crippen LogP contribution in [0.15, 0.2) is 42.5 Å². The predicted molar refractivity (Wildman–Crippen MR) is 119 cm³/mol. The Morgan fingerprint density at radius 1 is 1.13 bits per heavy atom. The van der Waals surface area contributed by atoms with Crippen LogP contribution in [0.1, 0.15) is 35.1 Å². The maximum atomic E-state index is 13.2. The molecule has 2 aromatic rings. The molecular weight excluding hydrogens is 419 g/mol. The highest BCUT2D eigenvalue weighted by Gasteiger charge is 2.38. The van der Waals surface area contributed by atoms with Crippen molar-refractivity contribution in [1.29, 1.82) is 0 Å². The number of methoxy groups -OCH3 is 2. The van der Waals surface area contributed by atoms with Crippen LogP contribution in [0, 0.1) is 5.82 Å². The van der Waals surface area contributed by atoms with Gasteiger partial charge in [-0.15, -0.1) is 11.8 Å². The predicted octanol–water partition coefficient (Wildman–Crippen LogP) is 3.97. The lowest BCUT2D eigenvalue weighted by molar-refractivity contribution is -0.130. The molecule has 2 unspecified atom stereocenters. The number of benzene rings is 2. The topological polar surface area (TPSA) is 59.1 Å². The van der Waals surface area contributed by atoms with Gasteiger partial charge in [0.15, 0.2) is 11.5 Å². The van der Waals surface area contributed by atoms with Crippen molar-refractivity contribution in [3.63, 3.8) is 0 Å². The average Bonchev–Trinajstić information content (AvgIpc) is 3.07. The van der Waals surface area contributed by atoms with Crippen molar-refractivity contribution in [3.8, 4) is 11.5 Å². The summed E-state index contributed by atoms with van der Waals surface area (Å²) in [6, 6.07) is 11.1. The zero-order valence-corrected chi connectivity index (χ0v) is 18.9. The fourth-order valence-electron chi connectivity index (χ4n) is 3.57. The molecule has 2 amide bonds. The monoisotopic (exact) mass is 446 g/mol. The molecule has 2 aromatic carbocycles. The summed E-state index contributed by atoms with van der Waals surface area (Å²) in [5, 5.41) is -0.358. The van der Waals surface area contributed by atoms with Crippen molar-refractivity contribution in [1.82, 2.24) is 9.80 Å². The molecule has 0 radical (unpaired) electrons. The van der Waals surface area contributed by atoms with Crippen molar-refractivity contribution >= 4 is 23.6 Å². The Bertz CT molecular complexity index is 938. The van der Waals surface area contributed by atoms with E-state index in [4.69, 9.17) is 9.47 Å². The highest BCUT2D eigenvalue weighted by atomic mass is 32.2. The lowest BCUT2D eigenvalue weighted by atomic mass is 10.1. The zero-order valence-electron chi connectivity index (χ0n) is 18.1. The molecule has 1 saturated heterocycles. The van der Waals surface area contributed by atoms with Gasteiger partial charge in [-0.1, -0.05) is 6.07 Å². The Balaban J connectivity index is 1.77. The number of carbonyl (C=O) groups excluding carboxylic acids is 2. The maximum Gasteiger partial charge on any atom is 0.253 e. The Hall–Kier alpha value is -2.74. The minimum atomic E-state index is -0.383. The summed E-state index contributed by atoms with van der Waals surface area (Å²) in [4.78, 5) is 29.1. The van der Waals surface area contributed by atoms with Crippen molar-refractivity contribution < 1.29 is 23.5 Å². The summed E-state index contributed by atoms with van der Waals surface area (Å²) in [7, 11) is 3.16. The van der Waals surface area contributed by atoms with Crippen molar-refractivity contribution in [3.05, 3.63) is 59.4 Å². The number of likely N-dealkylation sites (N-methyl/N-ethyl adjacent to an activating group) is 1. The molecule has 0 aromatic heterocycles. The normalized spacial score (nSPS) is 18.2. The number of rotatable bonds is 8. The molecule has 3 rings (SSSR count). The number of amides is 2. The maximum absolute atomic E-state index is 13.2. The average molecular weight is 447 g/mol. The van der Waals surface area contributed by atoms with Gasteiger partial charge >= 0.3 is 0 Å². The van der Waals surface area contributed by atoms with E-state index >= 15 is 0 Å². The highest BCUT2D eigenvalue weighted by Crippen LogP contribution is 2.44. The second-order valence-electron chi connectivity index (χ2n) is 7.17. The molecule has 0 bridgehead atoms. The Morgan fingerprint density at radius 3 is 2.42 bits per heavy atom. The molecule has 1 heterocycles. The standard InChI is InChI=1S/C23H27FN2O4S/c1-5-25(22(28)16-6-9-18(24)10-7-16)12-13-26-21(27)15(2)31-23(26)17-8-11-19(29-3)20(14-17)30-4/h6-11,14-15,23H,5,12-13H2,1-4H3. The molecule has 8 heteroatoms. The lowest BCUT2D eigenvalue weighted by Gasteiger charge is -2.28. The summed E-state index contributed by atoms with van der Waals surface area (Å²) in [6.07, 6.45) is 0. The van der Waals surface area contributed by atoms with Gasteiger partial charge in [-0.25, -0.2) is 4.39 Å². The van der Waals surface area contributed by atoms with Gasteiger partial charge in [-0.2, -0.15) is 0 Å². The molecule has 0 N–H and O–H groups in total. The van der Waals surface area contributed by atoms with Crippen LogP contribution in [0.25, 0.3) is 0 Å². The zero-order chi connectivity index (χ0) is 22.5. The van der Waals surface area contributed by atoms with Crippen molar-refractivity contribution in [2.24, 2.45) is 0 Å². The van der Waals surface area contributed by atoms with Crippen LogP contribution in [0.5, 0.6) is 11.5 Å². The third-order valence-electron chi connectivity index (χ3n) is 5.31. The fraction of sp³-hybridized carbons (Fsp3) is 0.391. The molecular formula is C23H27FN2O4S. The van der Waals surface area contributed by atoms with E-state index in [1.807, 2.05) is 32.0 Å². The van der Waals surface area contributed by atoms with E-state index in [0.717, 1.165) is 5.56 Å². The Morgan fingerprint density at radius 2 is 1.81 bits per heavy atom. The van der Waals surface area contributed by atoms with E-state index in [-0.39, 0.29) is 28.3 Å². The van der Waals surface area contributed by atoms with Gasteiger partial charge in [0.25, 0.3) is 5.91 Å². The molecule has 6 nitrogen and oxygen atoms in total. The highest BCUT2D eigenvalue weighted by molar-refractivity contribution is 8.01. The van der Waals surface area contributed by atoms with E-state index in [9.17, 15) is 14.0 Å². The molecule has 166 valence electrons. The van der Waals surface area contributed by atoms with E-state index in [0.29, 0.717) is 36.7 Å². The van der Waals surface area contributed by atoms with Gasteiger partial charge < -0.3 is 19.3 Å². The smallest absolute Gasteiger partial charge is 0.253 e. The second-order valence-corrected chi connectivity index (χ2v) is 8.59. The third-order valence-corrected chi connectivity index (χ3v) is 6.70. The number of halogens is 1. The number of hydrogen-bond acceptors (Lipinski definition) is 5. The van der Waals surface area contributed by atoms with E-state index in [1.54, 1.807) is 35.8 Å². The summed E-state index contributed by atoms with van der Waals surface area (Å²) < 4.78 is 23.9. The van der Waals surface area contributed by atoms with Gasteiger partial charge in [0.1, 0.15) is 11.2 Å². The minimum absolute atomic E-state index is 0.0371. The number of carbonyl (C=O) groups is 2. The SMILES string of the molecule is CCN(CCN1C(=O)C(C)SC1c1ccc(OC)c(OC)c1)C(=O)c1ccc(F)cc1. The van der Waals surface area contributed by atoms with Crippen LogP contribution in [0.2, 0.25) is 0 Å². The quantitative estimate of drug-likeness (QED) is 0.614. The van der Waals surface area contributed by atoms with Gasteiger partial charge in [0.05, 0.1) is 19.5 Å². The summed E-state index contributed by atoms with van der Waals surface area (Å²) in [5.41, 5.74) is 1.36. The lowest BCUT2D eigenvalue weighted by Crippen LogP contribution is -2.40. The van der Waals surface area contributed by atoms with Crippen LogP contribution < -0.4 is 9.47 Å². The van der Waals surface area contributed by atoms with Crippen LogP contribution >= 0.6 is 11.8 Å². The molecule has 1 aliphatic rings. The Kier molecular flexibility index (Phi) is 7.43. The van der Waals surface area contributed by atoms with Crippen LogP contribution in [-0.4, -0.2) is 60.7 Å². The molecule has 0 aliphatic carbocycles. The number of hydrogen-bond donors (Lipinski definition) is 0. The molecule has 0 spiro atoms. The van der Waals surface area contributed by atoms with E-state index in [2.05, 4.69) is 0 Å². The minimum Gasteiger partial charge on any atom is -0.493 e. The summed E-state index contributed by atoms with van der Waals surface area (Å²) in [6.45, 7) is 5.05. The van der Waals surface area contributed by atoms with Gasteiger partial charge in [0, 0.05) is 25.2 Å². The van der Waals surface area contributed by atoms with Crippen LogP contribution in [0.4, 0.5) is 4.39 Å². The number of ether oxygens (including phenoxy) is 2. The molecule has 1 fully saturated rings. The van der Waals surface area contributed by atoms with Crippen molar-refractivity contribution in [2.75, 3.05) is 33.9 Å². The molecule has 0 saturated carbocycles. The number of nitrogens with zero attached hydrogens (tertiary/aromatic N) is 2. The first-order valence-corrected chi connectivity index (χ1v) is 11.1. The van der Waals surface area contributed by atoms with Crippen LogP contribution in [0.3, 0.4) is 0 Å². The van der Waals surface area contributed by atoms with Gasteiger partial charge in [-0.3, -0.25) is 9.59 Å². The summed E-state index contributed by atoms with van der Waals surface area (Å²) in [5.74, 6) is 0.704. The van der Waals surface area contributed by atoms with E-state index in [1.165, 1.54) is 24.3 Å². The van der Waals surface area contributed by atoms with Gasteiger partial charge in [0.2, 0.25) is 5.91 Å². The van der Waals surface area contributed by atoms with Gasteiger partial charge in [-0.05, 0) is 55.8 Å². The van der Waals surface area contributed by atoms with Crippen molar-refractivity contribution in [2.45, 2.75) is 24.5 Å². The Labute approximate surface area is 186 Å². The van der Waals surface area contributed by atoms with E-state index < -0.39 is 0 Å². The summed E-state index contributed by atoms with van der Waals surface area (Å²) >= 11 is 1.57. The largest absolute Gasteiger partial charge is 0.493 e. The first kappa shape index (κ1) is 22.9. The number of thioether (sulfide) groups is 1. The molecule has 31 heavy (non-hydrogen) atoms. The first-order valence-electron chi connectivity index (χ1n) is 10.1. The third kappa shape index (κ3) is 4.95. The van der Waals surface area contributed by atoms with Crippen LogP contribution in [-0.2, 0) is 4.79 Å². The second kappa shape index (κ2) is 10.0. The fourth-order valence-corrected chi connectivity index (χ4v) is 4.87.